The molecule has 1 saturated heterocycles. The molecule has 114 valence electrons. The average molecular weight is 306 g/mol. The Bertz CT molecular complexity index is 521. The largest absolute Gasteiger partial charge is 0.356 e. The van der Waals surface area contributed by atoms with Crippen LogP contribution in [0.3, 0.4) is 0 Å². The summed E-state index contributed by atoms with van der Waals surface area (Å²) in [5.41, 5.74) is 0. The Kier molecular flexibility index (Phi) is 3.57. The summed E-state index contributed by atoms with van der Waals surface area (Å²) in [7, 11) is 0. The van der Waals surface area contributed by atoms with E-state index in [1.807, 2.05) is 0 Å². The molecule has 0 bridgehead atoms. The normalized spacial score (nSPS) is 26.5. The first-order chi connectivity index (χ1) is 10.3. The lowest BCUT2D eigenvalue weighted by Crippen LogP contribution is -2.35. The van der Waals surface area contributed by atoms with Gasteiger partial charge in [-0.15, -0.1) is 0 Å². The highest BCUT2D eigenvalue weighted by Crippen LogP contribution is 2.39. The molecule has 6 heteroatoms. The van der Waals surface area contributed by atoms with Crippen LogP contribution in [-0.2, 0) is 4.79 Å². The maximum Gasteiger partial charge on any atom is 0.225 e. The maximum absolute atomic E-state index is 12.4. The fourth-order valence-corrected chi connectivity index (χ4v) is 4.21. The second-order valence-corrected chi connectivity index (χ2v) is 7.38. The zero-order valence-corrected chi connectivity index (χ0v) is 13.1. The standard InChI is InChI=1S/C15H22N4OS/c20-14(11-3-1-2-4-11)19-8-7-12(9-19)16-15-17-13(18-21-15)10-5-6-10/h10-12H,1-9H2,(H,16,17,18). The number of hydrogen-bond acceptors (Lipinski definition) is 5. The van der Waals surface area contributed by atoms with E-state index in [1.165, 1.54) is 37.2 Å². The van der Waals surface area contributed by atoms with Gasteiger partial charge in [-0.25, -0.2) is 4.98 Å². The van der Waals surface area contributed by atoms with Gasteiger partial charge in [0.05, 0.1) is 0 Å². The topological polar surface area (TPSA) is 58.1 Å². The molecule has 2 heterocycles. The van der Waals surface area contributed by atoms with Crippen molar-refractivity contribution in [2.24, 2.45) is 5.92 Å². The smallest absolute Gasteiger partial charge is 0.225 e. The molecule has 1 N–H and O–H groups in total. The van der Waals surface area contributed by atoms with Crippen LogP contribution >= 0.6 is 11.5 Å². The molecule has 1 aromatic rings. The third-order valence-electron chi connectivity index (χ3n) is 4.92. The lowest BCUT2D eigenvalue weighted by Gasteiger charge is -2.20. The molecule has 3 fully saturated rings. The monoisotopic (exact) mass is 306 g/mol. The van der Waals surface area contributed by atoms with Gasteiger partial charge in [-0.05, 0) is 32.1 Å². The Morgan fingerprint density at radius 2 is 2.00 bits per heavy atom. The van der Waals surface area contributed by atoms with Crippen molar-refractivity contribution in [1.82, 2.24) is 14.3 Å². The van der Waals surface area contributed by atoms with Gasteiger partial charge in [0.1, 0.15) is 5.82 Å². The van der Waals surface area contributed by atoms with E-state index in [0.29, 0.717) is 23.8 Å². The first-order valence-electron chi connectivity index (χ1n) is 8.18. The molecule has 1 atom stereocenters. The molecule has 1 amide bonds. The van der Waals surface area contributed by atoms with Gasteiger partial charge in [0.25, 0.3) is 0 Å². The summed E-state index contributed by atoms with van der Waals surface area (Å²) in [6, 6.07) is 0.343. The summed E-state index contributed by atoms with van der Waals surface area (Å²) < 4.78 is 4.42. The third kappa shape index (κ3) is 2.91. The number of likely N-dealkylation sites (tertiary alicyclic amines) is 1. The molecule has 21 heavy (non-hydrogen) atoms. The zero-order valence-electron chi connectivity index (χ0n) is 12.3. The van der Waals surface area contributed by atoms with Gasteiger partial charge in [0.2, 0.25) is 11.0 Å². The highest BCUT2D eigenvalue weighted by atomic mass is 32.1. The van der Waals surface area contributed by atoms with Crippen LogP contribution in [0.1, 0.15) is 56.7 Å². The molecule has 2 saturated carbocycles. The number of nitrogens with one attached hydrogen (secondary N) is 1. The van der Waals surface area contributed by atoms with E-state index < -0.39 is 0 Å². The van der Waals surface area contributed by atoms with Crippen molar-refractivity contribution >= 4 is 22.6 Å². The van der Waals surface area contributed by atoms with Crippen LogP contribution in [0.4, 0.5) is 5.13 Å². The van der Waals surface area contributed by atoms with Crippen molar-refractivity contribution in [2.75, 3.05) is 18.4 Å². The van der Waals surface area contributed by atoms with Gasteiger partial charge in [-0.2, -0.15) is 4.37 Å². The molecule has 2 aliphatic carbocycles. The van der Waals surface area contributed by atoms with E-state index in [1.54, 1.807) is 0 Å². The Morgan fingerprint density at radius 1 is 1.19 bits per heavy atom. The van der Waals surface area contributed by atoms with Gasteiger partial charge in [-0.1, -0.05) is 12.8 Å². The SMILES string of the molecule is O=C(C1CCCC1)N1CCC(Nc2nc(C3CC3)ns2)C1. The Balaban J connectivity index is 1.31. The number of aromatic nitrogens is 2. The van der Waals surface area contributed by atoms with Crippen molar-refractivity contribution in [1.29, 1.82) is 0 Å². The number of amides is 1. The van der Waals surface area contributed by atoms with E-state index in [4.69, 9.17) is 0 Å². The molecule has 1 aromatic heterocycles. The van der Waals surface area contributed by atoms with E-state index in [9.17, 15) is 4.79 Å². The van der Waals surface area contributed by atoms with Crippen LogP contribution in [0, 0.1) is 5.92 Å². The maximum atomic E-state index is 12.4. The minimum absolute atomic E-state index is 0.298. The van der Waals surface area contributed by atoms with Gasteiger partial charge < -0.3 is 10.2 Å². The number of carbonyl (C=O) groups is 1. The zero-order chi connectivity index (χ0) is 14.2. The predicted octanol–water partition coefficient (Wildman–Crippen LogP) is 2.62. The fourth-order valence-electron chi connectivity index (χ4n) is 3.48. The summed E-state index contributed by atoms with van der Waals surface area (Å²) in [6.07, 6.45) is 8.13. The van der Waals surface area contributed by atoms with Gasteiger partial charge in [0, 0.05) is 42.5 Å². The molecule has 3 aliphatic rings. The molecule has 1 aliphatic heterocycles. The van der Waals surface area contributed by atoms with Crippen LogP contribution in [0.5, 0.6) is 0 Å². The second kappa shape index (κ2) is 5.55. The molecule has 0 radical (unpaired) electrons. The Morgan fingerprint density at radius 3 is 2.76 bits per heavy atom. The van der Waals surface area contributed by atoms with Crippen molar-refractivity contribution in [3.05, 3.63) is 5.82 Å². The summed E-state index contributed by atoms with van der Waals surface area (Å²) in [5.74, 6) is 2.31. The summed E-state index contributed by atoms with van der Waals surface area (Å²) >= 11 is 1.46. The van der Waals surface area contributed by atoms with Crippen molar-refractivity contribution in [3.8, 4) is 0 Å². The molecule has 1 unspecified atom stereocenters. The minimum Gasteiger partial charge on any atom is -0.356 e. The average Bonchev–Trinajstić information content (AvgIpc) is 2.96. The second-order valence-electron chi connectivity index (χ2n) is 6.63. The van der Waals surface area contributed by atoms with Crippen molar-refractivity contribution in [2.45, 2.75) is 56.9 Å². The van der Waals surface area contributed by atoms with E-state index in [-0.39, 0.29) is 0 Å². The number of carbonyl (C=O) groups excluding carboxylic acids is 1. The summed E-state index contributed by atoms with van der Waals surface area (Å²) in [6.45, 7) is 1.72. The quantitative estimate of drug-likeness (QED) is 0.929. The van der Waals surface area contributed by atoms with Gasteiger partial charge in [0.15, 0.2) is 0 Å². The number of anilines is 1. The van der Waals surface area contributed by atoms with Crippen molar-refractivity contribution in [3.63, 3.8) is 0 Å². The van der Waals surface area contributed by atoms with Crippen LogP contribution in [0.25, 0.3) is 0 Å². The van der Waals surface area contributed by atoms with Crippen LogP contribution in [0.15, 0.2) is 0 Å². The van der Waals surface area contributed by atoms with Crippen molar-refractivity contribution < 1.29 is 4.79 Å². The lowest BCUT2D eigenvalue weighted by atomic mass is 10.1. The van der Waals surface area contributed by atoms with Crippen LogP contribution < -0.4 is 5.32 Å². The number of rotatable bonds is 4. The summed E-state index contributed by atoms with van der Waals surface area (Å²) in [4.78, 5) is 19.0. The molecule has 0 spiro atoms. The number of hydrogen-bond donors (Lipinski definition) is 1. The minimum atomic E-state index is 0.298. The molecule has 5 nitrogen and oxygen atoms in total. The molecular weight excluding hydrogens is 284 g/mol. The van der Waals surface area contributed by atoms with E-state index in [0.717, 1.165) is 43.3 Å². The summed E-state index contributed by atoms with van der Waals surface area (Å²) in [5, 5.41) is 4.40. The Hall–Kier alpha value is -1.17. The van der Waals surface area contributed by atoms with Crippen LogP contribution in [-0.4, -0.2) is 39.3 Å². The van der Waals surface area contributed by atoms with Gasteiger partial charge >= 0.3 is 0 Å². The lowest BCUT2D eigenvalue weighted by molar-refractivity contribution is -0.134. The molecular formula is C15H22N4OS. The highest BCUT2D eigenvalue weighted by Gasteiger charge is 2.33. The first-order valence-corrected chi connectivity index (χ1v) is 8.96. The van der Waals surface area contributed by atoms with E-state index in [2.05, 4.69) is 19.6 Å². The van der Waals surface area contributed by atoms with Gasteiger partial charge in [-0.3, -0.25) is 4.79 Å². The molecule has 4 rings (SSSR count). The van der Waals surface area contributed by atoms with Crippen LogP contribution in [0.2, 0.25) is 0 Å². The Labute approximate surface area is 129 Å². The predicted molar refractivity (Wildman–Crippen MR) is 82.4 cm³/mol. The third-order valence-corrected chi connectivity index (χ3v) is 5.58. The molecule has 0 aromatic carbocycles. The number of nitrogens with zero attached hydrogens (tertiary/aromatic N) is 3. The highest BCUT2D eigenvalue weighted by molar-refractivity contribution is 7.09. The van der Waals surface area contributed by atoms with E-state index >= 15 is 0 Å². The first kappa shape index (κ1) is 13.5. The fraction of sp³-hybridized carbons (Fsp3) is 0.800.